The predicted molar refractivity (Wildman–Crippen MR) is 120 cm³/mol. The van der Waals surface area contributed by atoms with E-state index < -0.39 is 0 Å². The quantitative estimate of drug-likeness (QED) is 0.474. The molecule has 0 saturated heterocycles. The average molecular weight is 420 g/mol. The fourth-order valence-corrected chi connectivity index (χ4v) is 5.05. The van der Waals surface area contributed by atoms with E-state index in [1.54, 1.807) is 0 Å². The molecule has 1 fully saturated rings. The predicted octanol–water partition coefficient (Wildman–Crippen LogP) is 4.27. The van der Waals surface area contributed by atoms with Crippen molar-refractivity contribution < 1.29 is 4.79 Å². The lowest BCUT2D eigenvalue weighted by molar-refractivity contribution is -0.119. The fourth-order valence-electron chi connectivity index (χ4n) is 4.30. The minimum absolute atomic E-state index is 0.0803. The van der Waals surface area contributed by atoms with Crippen molar-refractivity contribution in [2.24, 2.45) is 0 Å². The molecule has 5 rings (SSSR count). The van der Waals surface area contributed by atoms with Crippen molar-refractivity contribution in [3.8, 4) is 0 Å². The zero-order chi connectivity index (χ0) is 20.3. The van der Waals surface area contributed by atoms with Crippen LogP contribution in [0, 0.1) is 0 Å². The van der Waals surface area contributed by atoms with Crippen molar-refractivity contribution in [1.82, 2.24) is 24.5 Å². The van der Waals surface area contributed by atoms with Gasteiger partial charge in [-0.3, -0.25) is 9.20 Å². The van der Waals surface area contributed by atoms with Crippen LogP contribution in [-0.4, -0.2) is 36.9 Å². The molecule has 7 heteroatoms. The molecule has 0 atom stereocenters. The normalized spacial score (nSPS) is 15.1. The van der Waals surface area contributed by atoms with E-state index in [0.29, 0.717) is 11.8 Å². The highest BCUT2D eigenvalue weighted by Crippen LogP contribution is 2.26. The number of carbonyl (C=O) groups is 1. The molecular weight excluding hydrogens is 394 g/mol. The minimum Gasteiger partial charge on any atom is -0.353 e. The number of fused-ring (bicyclic) bond motifs is 3. The highest BCUT2D eigenvalue weighted by molar-refractivity contribution is 7.99. The Bertz CT molecular complexity index is 1160. The van der Waals surface area contributed by atoms with E-state index in [1.165, 1.54) is 36.6 Å². The summed E-state index contributed by atoms with van der Waals surface area (Å²) in [5, 5.41) is 12.8. The van der Waals surface area contributed by atoms with Gasteiger partial charge in [-0.1, -0.05) is 73.5 Å². The molecule has 1 aliphatic rings. The molecule has 4 aromatic rings. The molecule has 1 aliphatic carbocycles. The number of nitrogens with zero attached hydrogens (tertiary/aromatic N) is 4. The van der Waals surface area contributed by atoms with Crippen LogP contribution in [-0.2, 0) is 11.3 Å². The molecule has 0 aliphatic heterocycles. The van der Waals surface area contributed by atoms with Gasteiger partial charge in [-0.15, -0.1) is 10.2 Å². The number of aromatic nitrogens is 4. The van der Waals surface area contributed by atoms with E-state index in [4.69, 9.17) is 0 Å². The second-order valence-electron chi connectivity index (χ2n) is 7.87. The number of carbonyl (C=O) groups excluding carboxylic acids is 1. The van der Waals surface area contributed by atoms with Crippen LogP contribution in [0.25, 0.3) is 16.8 Å². The van der Waals surface area contributed by atoms with Gasteiger partial charge in [0.15, 0.2) is 5.16 Å². The molecule has 30 heavy (non-hydrogen) atoms. The molecule has 6 nitrogen and oxygen atoms in total. The van der Waals surface area contributed by atoms with Gasteiger partial charge in [0.25, 0.3) is 0 Å². The Kier molecular flexibility index (Phi) is 5.45. The zero-order valence-corrected chi connectivity index (χ0v) is 17.6. The summed E-state index contributed by atoms with van der Waals surface area (Å²) in [5.41, 5.74) is 3.38. The molecule has 154 valence electrons. The number of nitrogens with one attached hydrogen (secondary N) is 1. The second kappa shape index (κ2) is 8.52. The topological polar surface area (TPSA) is 64.2 Å². The molecule has 2 aromatic heterocycles. The van der Waals surface area contributed by atoms with Gasteiger partial charge < -0.3 is 9.88 Å². The number of rotatable bonds is 6. The molecule has 2 heterocycles. The number of benzene rings is 2. The lowest BCUT2D eigenvalue weighted by Crippen LogP contribution is -2.37. The Labute approximate surface area is 179 Å². The lowest BCUT2D eigenvalue weighted by Gasteiger charge is -2.22. The first-order chi connectivity index (χ1) is 14.8. The number of para-hydroxylation sites is 2. The summed E-state index contributed by atoms with van der Waals surface area (Å²) in [5.74, 6) is 1.24. The molecule has 0 bridgehead atoms. The Morgan fingerprint density at radius 1 is 0.967 bits per heavy atom. The summed E-state index contributed by atoms with van der Waals surface area (Å²) in [4.78, 5) is 12.5. The summed E-state index contributed by atoms with van der Waals surface area (Å²) in [6.07, 6.45) is 5.90. The highest BCUT2D eigenvalue weighted by Gasteiger charge is 2.19. The van der Waals surface area contributed by atoms with Crippen LogP contribution in [0.5, 0.6) is 0 Å². The van der Waals surface area contributed by atoms with Gasteiger partial charge in [-0.05, 0) is 30.5 Å². The first-order valence-electron chi connectivity index (χ1n) is 10.6. The van der Waals surface area contributed by atoms with Crippen LogP contribution in [0.2, 0.25) is 0 Å². The Hall–Kier alpha value is -2.80. The van der Waals surface area contributed by atoms with Gasteiger partial charge >= 0.3 is 0 Å². The monoisotopic (exact) mass is 419 g/mol. The van der Waals surface area contributed by atoms with Crippen LogP contribution in [0.4, 0.5) is 0 Å². The number of imidazole rings is 1. The van der Waals surface area contributed by atoms with Crippen LogP contribution in [0.3, 0.4) is 0 Å². The maximum atomic E-state index is 12.5. The number of hydrogen-bond donors (Lipinski definition) is 1. The number of thioether (sulfide) groups is 1. The van der Waals surface area contributed by atoms with Crippen LogP contribution < -0.4 is 5.32 Å². The van der Waals surface area contributed by atoms with Crippen molar-refractivity contribution in [3.05, 3.63) is 60.2 Å². The average Bonchev–Trinajstić information content (AvgIpc) is 3.33. The third-order valence-corrected chi connectivity index (χ3v) is 6.69. The second-order valence-corrected chi connectivity index (χ2v) is 8.81. The zero-order valence-electron chi connectivity index (χ0n) is 16.8. The van der Waals surface area contributed by atoms with Gasteiger partial charge in [0.2, 0.25) is 11.7 Å². The molecule has 1 saturated carbocycles. The van der Waals surface area contributed by atoms with E-state index in [9.17, 15) is 4.79 Å². The summed E-state index contributed by atoms with van der Waals surface area (Å²) in [6.45, 7) is 0.725. The third kappa shape index (κ3) is 3.81. The smallest absolute Gasteiger partial charge is 0.237 e. The van der Waals surface area contributed by atoms with E-state index >= 15 is 0 Å². The minimum atomic E-state index is 0.0803. The Morgan fingerprint density at radius 3 is 2.50 bits per heavy atom. The van der Waals surface area contributed by atoms with Crippen LogP contribution >= 0.6 is 11.8 Å². The van der Waals surface area contributed by atoms with Crippen molar-refractivity contribution in [1.29, 1.82) is 0 Å². The van der Waals surface area contributed by atoms with E-state index in [-0.39, 0.29) is 5.91 Å². The first kappa shape index (κ1) is 19.2. The van der Waals surface area contributed by atoms with Gasteiger partial charge in [0.05, 0.1) is 23.3 Å². The summed E-state index contributed by atoms with van der Waals surface area (Å²) >= 11 is 1.45. The fraction of sp³-hybridized carbons (Fsp3) is 0.348. The SMILES string of the molecule is O=C(CSc1nnc2n(Cc3ccccc3)c3ccccc3n12)NC1CCCCC1. The number of hydrogen-bond acceptors (Lipinski definition) is 4. The maximum absolute atomic E-state index is 12.5. The van der Waals surface area contributed by atoms with Gasteiger partial charge in [0.1, 0.15) is 0 Å². The Morgan fingerprint density at radius 2 is 1.70 bits per heavy atom. The van der Waals surface area contributed by atoms with Gasteiger partial charge in [-0.25, -0.2) is 0 Å². The van der Waals surface area contributed by atoms with E-state index in [2.05, 4.69) is 48.7 Å². The maximum Gasteiger partial charge on any atom is 0.237 e. The van der Waals surface area contributed by atoms with Gasteiger partial charge in [-0.2, -0.15) is 0 Å². The first-order valence-corrected chi connectivity index (χ1v) is 11.6. The summed E-state index contributed by atoms with van der Waals surface area (Å²) in [7, 11) is 0. The molecule has 0 unspecified atom stereocenters. The number of amides is 1. The highest BCUT2D eigenvalue weighted by atomic mass is 32.2. The van der Waals surface area contributed by atoms with E-state index in [0.717, 1.165) is 41.4 Å². The standard InChI is InChI=1S/C23H25N5OS/c29-21(24-18-11-5-2-6-12-18)16-30-23-26-25-22-27(15-17-9-3-1-4-10-17)19-13-7-8-14-20(19)28(22)23/h1,3-4,7-10,13-14,18H,2,5-6,11-12,15-16H2,(H,24,29). The largest absolute Gasteiger partial charge is 0.353 e. The van der Waals surface area contributed by atoms with Crippen molar-refractivity contribution >= 4 is 34.5 Å². The van der Waals surface area contributed by atoms with Gasteiger partial charge in [0, 0.05) is 6.04 Å². The molecule has 1 N–H and O–H groups in total. The summed E-state index contributed by atoms with van der Waals surface area (Å²) in [6, 6.07) is 19.0. The lowest BCUT2D eigenvalue weighted by atomic mass is 9.95. The molecular formula is C23H25N5OS. The summed E-state index contributed by atoms with van der Waals surface area (Å²) < 4.78 is 4.25. The van der Waals surface area contributed by atoms with Crippen LogP contribution in [0.1, 0.15) is 37.7 Å². The third-order valence-electron chi connectivity index (χ3n) is 5.76. The molecule has 2 aromatic carbocycles. The van der Waals surface area contributed by atoms with Crippen LogP contribution in [0.15, 0.2) is 59.8 Å². The molecule has 0 spiro atoms. The molecule has 1 amide bonds. The van der Waals surface area contributed by atoms with Crippen molar-refractivity contribution in [2.45, 2.75) is 49.8 Å². The van der Waals surface area contributed by atoms with Crippen molar-refractivity contribution in [3.63, 3.8) is 0 Å². The molecule has 0 radical (unpaired) electrons. The Balaban J connectivity index is 1.40. The van der Waals surface area contributed by atoms with Crippen molar-refractivity contribution in [2.75, 3.05) is 5.75 Å². The van der Waals surface area contributed by atoms with E-state index in [1.807, 2.05) is 30.3 Å².